The van der Waals surface area contributed by atoms with E-state index in [1.165, 1.54) is 0 Å². The number of aromatic amines is 1. The number of rotatable bonds is 2. The molecular weight excluding hydrogens is 334 g/mol. The summed E-state index contributed by atoms with van der Waals surface area (Å²) >= 11 is 6.37. The lowest BCUT2D eigenvalue weighted by Crippen LogP contribution is -2.03. The van der Waals surface area contributed by atoms with Crippen LogP contribution >= 0.6 is 11.6 Å². The normalized spacial score (nSPS) is 10.7. The van der Waals surface area contributed by atoms with E-state index in [0.717, 1.165) is 22.0 Å². The monoisotopic (exact) mass is 345 g/mol. The fourth-order valence-corrected chi connectivity index (χ4v) is 2.97. The molecule has 0 saturated heterocycles. The zero-order chi connectivity index (χ0) is 17.4. The number of H-pyrrole nitrogens is 1. The second-order valence-electron chi connectivity index (χ2n) is 5.46. The Kier molecular flexibility index (Phi) is 3.60. The van der Waals surface area contributed by atoms with Gasteiger partial charge in [0.25, 0.3) is 0 Å². The van der Waals surface area contributed by atoms with Gasteiger partial charge < -0.3 is 5.73 Å². The van der Waals surface area contributed by atoms with Crippen molar-refractivity contribution < 1.29 is 0 Å². The molecule has 0 amide bonds. The van der Waals surface area contributed by atoms with Crippen molar-refractivity contribution in [2.45, 2.75) is 0 Å². The summed E-state index contributed by atoms with van der Waals surface area (Å²) in [6.45, 7) is 0. The molecule has 4 rings (SSSR count). The van der Waals surface area contributed by atoms with Gasteiger partial charge in [0.1, 0.15) is 0 Å². The molecule has 0 atom stereocenters. The summed E-state index contributed by atoms with van der Waals surface area (Å²) in [4.78, 5) is 9.05. The summed E-state index contributed by atoms with van der Waals surface area (Å²) in [5.74, 6) is 2.70. The van der Waals surface area contributed by atoms with E-state index in [-0.39, 0.29) is 5.82 Å². The number of hydrogen-bond acceptors (Lipinski definition) is 4. The first-order valence-electron chi connectivity index (χ1n) is 7.50. The summed E-state index contributed by atoms with van der Waals surface area (Å²) in [6, 6.07) is 13.4. The van der Waals surface area contributed by atoms with Gasteiger partial charge in [0.15, 0.2) is 11.5 Å². The lowest BCUT2D eigenvalue weighted by molar-refractivity contribution is 1.12. The van der Waals surface area contributed by atoms with Crippen molar-refractivity contribution in [1.82, 2.24) is 20.2 Å². The number of nitrogen functional groups attached to an aromatic ring is 1. The third-order valence-electron chi connectivity index (χ3n) is 3.88. The molecule has 0 fully saturated rings. The van der Waals surface area contributed by atoms with Crippen LogP contribution in [0.5, 0.6) is 0 Å². The molecule has 0 saturated carbocycles. The number of nitrogens with one attached hydrogen (secondary N) is 1. The van der Waals surface area contributed by atoms with E-state index >= 15 is 0 Å². The van der Waals surface area contributed by atoms with Gasteiger partial charge in [-0.2, -0.15) is 5.10 Å². The van der Waals surface area contributed by atoms with Crippen LogP contribution in [0, 0.1) is 12.3 Å². The maximum atomic E-state index is 6.37. The van der Waals surface area contributed by atoms with Crippen LogP contribution in [-0.2, 0) is 0 Å². The number of fused-ring (bicyclic) bond motifs is 1. The standard InChI is InChI=1S/C19H12ClN5/c1-2-15-19(21)24-17(11-6-4-3-5-7-11)18(23-15)12-8-13-10-22-25-16(13)14(20)9-12/h1,3-10H,(H2,21,24)(H,22,25). The quantitative estimate of drug-likeness (QED) is 0.540. The first kappa shape index (κ1) is 15.2. The molecule has 0 spiro atoms. The Hall–Kier alpha value is -3.36. The van der Waals surface area contributed by atoms with Gasteiger partial charge >= 0.3 is 0 Å². The summed E-state index contributed by atoms with van der Waals surface area (Å²) in [6.07, 6.45) is 7.22. The highest BCUT2D eigenvalue weighted by Gasteiger charge is 2.16. The zero-order valence-electron chi connectivity index (χ0n) is 13.0. The van der Waals surface area contributed by atoms with E-state index in [9.17, 15) is 0 Å². The summed E-state index contributed by atoms with van der Waals surface area (Å²) in [5.41, 5.74) is 10.00. The third kappa shape index (κ3) is 2.59. The van der Waals surface area contributed by atoms with E-state index in [2.05, 4.69) is 26.1 Å². The van der Waals surface area contributed by atoms with Gasteiger partial charge in [0, 0.05) is 16.5 Å². The first-order valence-corrected chi connectivity index (χ1v) is 7.87. The first-order chi connectivity index (χ1) is 12.2. The molecule has 2 heterocycles. The molecule has 0 aliphatic heterocycles. The smallest absolute Gasteiger partial charge is 0.158 e. The second kappa shape index (κ2) is 5.93. The van der Waals surface area contributed by atoms with E-state index in [4.69, 9.17) is 23.8 Å². The van der Waals surface area contributed by atoms with Crippen molar-refractivity contribution in [3.05, 3.63) is 59.4 Å². The molecule has 0 unspecified atom stereocenters. The van der Waals surface area contributed by atoms with Gasteiger partial charge in [-0.3, -0.25) is 5.10 Å². The van der Waals surface area contributed by atoms with Gasteiger partial charge in [-0.15, -0.1) is 6.42 Å². The Morgan fingerprint density at radius 1 is 1.04 bits per heavy atom. The van der Waals surface area contributed by atoms with Crippen LogP contribution in [0.2, 0.25) is 5.02 Å². The number of anilines is 1. The van der Waals surface area contributed by atoms with Gasteiger partial charge in [-0.1, -0.05) is 41.9 Å². The van der Waals surface area contributed by atoms with Crippen LogP contribution in [0.4, 0.5) is 5.82 Å². The fraction of sp³-hybridized carbons (Fsp3) is 0. The van der Waals surface area contributed by atoms with Gasteiger partial charge in [-0.05, 0) is 18.1 Å². The van der Waals surface area contributed by atoms with Crippen LogP contribution in [0.25, 0.3) is 33.4 Å². The zero-order valence-corrected chi connectivity index (χ0v) is 13.7. The second-order valence-corrected chi connectivity index (χ2v) is 5.86. The largest absolute Gasteiger partial charge is 0.381 e. The lowest BCUT2D eigenvalue weighted by atomic mass is 10.0. The van der Waals surface area contributed by atoms with E-state index in [1.807, 2.05) is 42.5 Å². The SMILES string of the molecule is C#Cc1nc(-c2cc(Cl)c3[nH]ncc3c2)c(-c2ccccc2)nc1N. The average Bonchev–Trinajstić information content (AvgIpc) is 3.11. The van der Waals surface area contributed by atoms with Crippen LogP contribution in [0.3, 0.4) is 0 Å². The average molecular weight is 346 g/mol. The topological polar surface area (TPSA) is 80.5 Å². The van der Waals surface area contributed by atoms with Crippen molar-refractivity contribution in [3.63, 3.8) is 0 Å². The minimum Gasteiger partial charge on any atom is -0.381 e. The Balaban J connectivity index is 2.03. The number of hydrogen-bond donors (Lipinski definition) is 2. The fourth-order valence-electron chi connectivity index (χ4n) is 2.70. The van der Waals surface area contributed by atoms with E-state index in [0.29, 0.717) is 22.1 Å². The Morgan fingerprint density at radius 2 is 1.80 bits per heavy atom. The highest BCUT2D eigenvalue weighted by molar-refractivity contribution is 6.35. The minimum atomic E-state index is 0.223. The van der Waals surface area contributed by atoms with Gasteiger partial charge in [-0.25, -0.2) is 9.97 Å². The molecule has 25 heavy (non-hydrogen) atoms. The molecule has 120 valence electrons. The predicted octanol–water partition coefficient (Wildman–Crippen LogP) is 3.90. The Labute approximate surface area is 148 Å². The van der Waals surface area contributed by atoms with Crippen molar-refractivity contribution in [1.29, 1.82) is 0 Å². The molecule has 0 aliphatic carbocycles. The molecular formula is C19H12ClN5. The van der Waals surface area contributed by atoms with Crippen molar-refractivity contribution in [2.24, 2.45) is 0 Å². The maximum absolute atomic E-state index is 6.37. The summed E-state index contributed by atoms with van der Waals surface area (Å²) in [5, 5.41) is 8.33. The van der Waals surface area contributed by atoms with Crippen molar-refractivity contribution >= 4 is 28.3 Å². The molecule has 0 bridgehead atoms. The molecule has 6 heteroatoms. The highest BCUT2D eigenvalue weighted by Crippen LogP contribution is 2.34. The number of nitrogens with two attached hydrogens (primary N) is 1. The maximum Gasteiger partial charge on any atom is 0.158 e. The lowest BCUT2D eigenvalue weighted by Gasteiger charge is -2.11. The molecule has 3 N–H and O–H groups in total. The number of aromatic nitrogens is 4. The van der Waals surface area contributed by atoms with Crippen molar-refractivity contribution in [2.75, 3.05) is 5.73 Å². The Bertz CT molecular complexity index is 1130. The summed E-state index contributed by atoms with van der Waals surface area (Å²) < 4.78 is 0. The Morgan fingerprint density at radius 3 is 2.56 bits per heavy atom. The van der Waals surface area contributed by atoms with Gasteiger partial charge in [0.2, 0.25) is 0 Å². The molecule has 5 nitrogen and oxygen atoms in total. The number of terminal acetylenes is 1. The highest BCUT2D eigenvalue weighted by atomic mass is 35.5. The van der Waals surface area contributed by atoms with Crippen molar-refractivity contribution in [3.8, 4) is 34.9 Å². The molecule has 2 aromatic carbocycles. The minimum absolute atomic E-state index is 0.223. The van der Waals surface area contributed by atoms with Crippen LogP contribution < -0.4 is 5.73 Å². The van der Waals surface area contributed by atoms with Gasteiger partial charge in [0.05, 0.1) is 28.1 Å². The third-order valence-corrected chi connectivity index (χ3v) is 4.18. The van der Waals surface area contributed by atoms with Crippen LogP contribution in [0.1, 0.15) is 5.69 Å². The number of benzene rings is 2. The molecule has 0 aliphatic rings. The van der Waals surface area contributed by atoms with E-state index in [1.54, 1.807) is 6.20 Å². The molecule has 4 aromatic rings. The van der Waals surface area contributed by atoms with Crippen LogP contribution in [-0.4, -0.2) is 20.2 Å². The number of nitrogens with zero attached hydrogens (tertiary/aromatic N) is 3. The molecule has 0 radical (unpaired) electrons. The number of halogens is 1. The van der Waals surface area contributed by atoms with E-state index < -0.39 is 0 Å². The molecule has 2 aromatic heterocycles. The van der Waals surface area contributed by atoms with Crippen LogP contribution in [0.15, 0.2) is 48.7 Å². The predicted molar refractivity (Wildman–Crippen MR) is 99.9 cm³/mol. The summed E-state index contributed by atoms with van der Waals surface area (Å²) in [7, 11) is 0.